The molecule has 0 fully saturated rings. The topological polar surface area (TPSA) is 55.1 Å². The van der Waals surface area contributed by atoms with Crippen LogP contribution < -0.4 is 11.1 Å². The SMILES string of the molecule is Cc1cc(C(C)NC(=O)Cc2ccc(N)cc2)c(C)s1.Cl. The van der Waals surface area contributed by atoms with E-state index >= 15 is 0 Å². The molecule has 0 radical (unpaired) electrons. The van der Waals surface area contributed by atoms with E-state index in [0.29, 0.717) is 12.1 Å². The Morgan fingerprint density at radius 2 is 1.90 bits per heavy atom. The minimum Gasteiger partial charge on any atom is -0.399 e. The van der Waals surface area contributed by atoms with E-state index in [9.17, 15) is 4.79 Å². The van der Waals surface area contributed by atoms with Crippen molar-refractivity contribution >= 4 is 35.3 Å². The minimum absolute atomic E-state index is 0. The third-order valence-electron chi connectivity index (χ3n) is 3.27. The molecule has 3 nitrogen and oxygen atoms in total. The molecule has 1 aromatic heterocycles. The fraction of sp³-hybridized carbons (Fsp3) is 0.312. The van der Waals surface area contributed by atoms with E-state index in [2.05, 4.69) is 25.2 Å². The van der Waals surface area contributed by atoms with Crippen LogP contribution in [-0.4, -0.2) is 5.91 Å². The monoisotopic (exact) mass is 324 g/mol. The van der Waals surface area contributed by atoms with Crippen molar-refractivity contribution in [3.8, 4) is 0 Å². The Morgan fingerprint density at radius 1 is 1.29 bits per heavy atom. The second kappa shape index (κ2) is 7.48. The summed E-state index contributed by atoms with van der Waals surface area (Å²) in [5, 5.41) is 3.05. The molecule has 0 bridgehead atoms. The maximum atomic E-state index is 12.1. The summed E-state index contributed by atoms with van der Waals surface area (Å²) in [6, 6.07) is 9.60. The number of aryl methyl sites for hydroxylation is 2. The maximum absolute atomic E-state index is 12.1. The van der Waals surface area contributed by atoms with Crippen LogP contribution in [-0.2, 0) is 11.2 Å². The molecule has 0 aliphatic heterocycles. The van der Waals surface area contributed by atoms with Gasteiger partial charge in [0.1, 0.15) is 0 Å². The Hall–Kier alpha value is -1.52. The molecule has 0 aliphatic rings. The fourth-order valence-electron chi connectivity index (χ4n) is 2.27. The number of nitrogens with two attached hydrogens (primary N) is 1. The first-order valence-electron chi connectivity index (χ1n) is 6.66. The molecule has 1 amide bonds. The summed E-state index contributed by atoms with van der Waals surface area (Å²) in [5.41, 5.74) is 8.53. The summed E-state index contributed by atoms with van der Waals surface area (Å²) >= 11 is 1.77. The van der Waals surface area contributed by atoms with Crippen LogP contribution in [0.25, 0.3) is 0 Å². The number of carbonyl (C=O) groups is 1. The van der Waals surface area contributed by atoms with Gasteiger partial charge in [-0.1, -0.05) is 12.1 Å². The summed E-state index contributed by atoms with van der Waals surface area (Å²) in [6.45, 7) is 6.20. The number of halogens is 1. The molecule has 1 atom stereocenters. The summed E-state index contributed by atoms with van der Waals surface area (Å²) in [7, 11) is 0. The highest BCUT2D eigenvalue weighted by molar-refractivity contribution is 7.12. The van der Waals surface area contributed by atoms with Gasteiger partial charge in [0, 0.05) is 15.4 Å². The molecular weight excluding hydrogens is 304 g/mol. The Bertz CT molecular complexity index is 607. The number of carbonyl (C=O) groups excluding carboxylic acids is 1. The fourth-order valence-corrected chi connectivity index (χ4v) is 3.29. The zero-order valence-electron chi connectivity index (χ0n) is 12.5. The van der Waals surface area contributed by atoms with Crippen LogP contribution in [0.3, 0.4) is 0 Å². The van der Waals surface area contributed by atoms with E-state index in [1.807, 2.05) is 31.2 Å². The van der Waals surface area contributed by atoms with Gasteiger partial charge < -0.3 is 11.1 Å². The lowest BCUT2D eigenvalue weighted by Gasteiger charge is -2.14. The number of hydrogen-bond acceptors (Lipinski definition) is 3. The highest BCUT2D eigenvalue weighted by atomic mass is 35.5. The van der Waals surface area contributed by atoms with Crippen molar-refractivity contribution in [2.24, 2.45) is 0 Å². The number of benzene rings is 1. The molecule has 0 saturated heterocycles. The summed E-state index contributed by atoms with van der Waals surface area (Å²) in [4.78, 5) is 14.6. The molecular formula is C16H21ClN2OS. The Morgan fingerprint density at radius 3 is 2.43 bits per heavy atom. The molecule has 0 saturated carbocycles. The van der Waals surface area contributed by atoms with Crippen molar-refractivity contribution < 1.29 is 4.79 Å². The van der Waals surface area contributed by atoms with Gasteiger partial charge in [0.25, 0.3) is 0 Å². The smallest absolute Gasteiger partial charge is 0.224 e. The number of nitrogens with one attached hydrogen (secondary N) is 1. The molecule has 3 N–H and O–H groups in total. The van der Waals surface area contributed by atoms with Gasteiger partial charge in [0.2, 0.25) is 5.91 Å². The van der Waals surface area contributed by atoms with E-state index < -0.39 is 0 Å². The van der Waals surface area contributed by atoms with Crippen molar-refractivity contribution in [3.63, 3.8) is 0 Å². The van der Waals surface area contributed by atoms with Crippen LogP contribution in [0.2, 0.25) is 0 Å². The number of rotatable bonds is 4. The molecule has 1 unspecified atom stereocenters. The van der Waals surface area contributed by atoms with Crippen molar-refractivity contribution in [1.29, 1.82) is 0 Å². The minimum atomic E-state index is 0. The zero-order valence-corrected chi connectivity index (χ0v) is 14.1. The number of anilines is 1. The van der Waals surface area contributed by atoms with Crippen LogP contribution in [0.1, 0.15) is 33.8 Å². The number of nitrogen functional groups attached to an aromatic ring is 1. The Labute approximate surface area is 136 Å². The van der Waals surface area contributed by atoms with E-state index in [0.717, 1.165) is 5.56 Å². The molecule has 1 heterocycles. The lowest BCUT2D eigenvalue weighted by atomic mass is 10.1. The van der Waals surface area contributed by atoms with Gasteiger partial charge in [-0.25, -0.2) is 0 Å². The van der Waals surface area contributed by atoms with E-state index in [4.69, 9.17) is 5.73 Å². The molecule has 2 aromatic rings. The second-order valence-electron chi connectivity index (χ2n) is 5.08. The van der Waals surface area contributed by atoms with Crippen molar-refractivity contribution in [2.75, 3.05) is 5.73 Å². The highest BCUT2D eigenvalue weighted by Gasteiger charge is 2.14. The van der Waals surface area contributed by atoms with Gasteiger partial charge in [0.15, 0.2) is 0 Å². The number of amides is 1. The first-order chi connectivity index (χ1) is 9.45. The first kappa shape index (κ1) is 17.5. The lowest BCUT2D eigenvalue weighted by molar-refractivity contribution is -0.121. The largest absolute Gasteiger partial charge is 0.399 e. The number of hydrogen-bond donors (Lipinski definition) is 2. The van der Waals surface area contributed by atoms with Crippen LogP contribution in [0.5, 0.6) is 0 Å². The van der Waals surface area contributed by atoms with Crippen LogP contribution >= 0.6 is 23.7 Å². The van der Waals surface area contributed by atoms with Gasteiger partial charge in [-0.3, -0.25) is 4.79 Å². The summed E-state index contributed by atoms with van der Waals surface area (Å²) in [6.07, 6.45) is 0.382. The second-order valence-corrected chi connectivity index (χ2v) is 6.54. The normalized spacial score (nSPS) is 11.6. The van der Waals surface area contributed by atoms with Crippen molar-refractivity contribution in [1.82, 2.24) is 5.32 Å². The van der Waals surface area contributed by atoms with Gasteiger partial charge in [-0.05, 0) is 50.1 Å². The van der Waals surface area contributed by atoms with Crippen LogP contribution in [0.15, 0.2) is 30.3 Å². The van der Waals surface area contributed by atoms with Crippen LogP contribution in [0, 0.1) is 13.8 Å². The van der Waals surface area contributed by atoms with Crippen molar-refractivity contribution in [2.45, 2.75) is 33.2 Å². The van der Waals surface area contributed by atoms with E-state index in [1.165, 1.54) is 15.3 Å². The summed E-state index contributed by atoms with van der Waals surface area (Å²) < 4.78 is 0. The zero-order chi connectivity index (χ0) is 14.7. The Kier molecular flexibility index (Phi) is 6.24. The molecule has 0 aliphatic carbocycles. The molecule has 1 aromatic carbocycles. The maximum Gasteiger partial charge on any atom is 0.224 e. The molecule has 21 heavy (non-hydrogen) atoms. The highest BCUT2D eigenvalue weighted by Crippen LogP contribution is 2.26. The Balaban J connectivity index is 0.00000220. The summed E-state index contributed by atoms with van der Waals surface area (Å²) in [5.74, 6) is 0.0329. The third kappa shape index (κ3) is 4.76. The average molecular weight is 325 g/mol. The molecule has 0 spiro atoms. The first-order valence-corrected chi connectivity index (χ1v) is 7.48. The number of thiophene rings is 1. The predicted octanol–water partition coefficient (Wildman–Crippen LogP) is 3.79. The molecule has 2 rings (SSSR count). The van der Waals surface area contributed by atoms with Crippen LogP contribution in [0.4, 0.5) is 5.69 Å². The molecule has 114 valence electrons. The van der Waals surface area contributed by atoms with Crippen molar-refractivity contribution in [3.05, 3.63) is 51.2 Å². The predicted molar refractivity (Wildman–Crippen MR) is 92.2 cm³/mol. The lowest BCUT2D eigenvalue weighted by Crippen LogP contribution is -2.28. The quantitative estimate of drug-likeness (QED) is 0.841. The van der Waals surface area contributed by atoms with E-state index in [-0.39, 0.29) is 24.4 Å². The third-order valence-corrected chi connectivity index (χ3v) is 4.25. The molecule has 5 heteroatoms. The van der Waals surface area contributed by atoms with Gasteiger partial charge in [-0.2, -0.15) is 0 Å². The van der Waals surface area contributed by atoms with Gasteiger partial charge in [0.05, 0.1) is 12.5 Å². The standard InChI is InChI=1S/C16H20N2OS.ClH/c1-10-8-15(12(3)20-10)11(2)18-16(19)9-13-4-6-14(17)7-5-13;/h4-8,11H,9,17H2,1-3H3,(H,18,19);1H. The van der Waals surface area contributed by atoms with E-state index in [1.54, 1.807) is 11.3 Å². The van der Waals surface area contributed by atoms with Gasteiger partial charge >= 0.3 is 0 Å². The average Bonchev–Trinajstić information content (AvgIpc) is 2.71. The van der Waals surface area contributed by atoms with Gasteiger partial charge in [-0.15, -0.1) is 23.7 Å².